The van der Waals surface area contributed by atoms with E-state index in [1.165, 1.54) is 0 Å². The maximum Gasteiger partial charge on any atom is 0.161 e. The highest BCUT2D eigenvalue weighted by atomic mass is 79.9. The Kier molecular flexibility index (Phi) is 9.72. The van der Waals surface area contributed by atoms with Crippen LogP contribution < -0.4 is 20.1 Å². The third kappa shape index (κ3) is 8.15. The monoisotopic (exact) mass is 506 g/mol. The summed E-state index contributed by atoms with van der Waals surface area (Å²) in [6.07, 6.45) is 5.09. The topological polar surface area (TPSA) is 42.5 Å². The van der Waals surface area contributed by atoms with Crippen molar-refractivity contribution in [3.63, 3.8) is 0 Å². The minimum atomic E-state index is 0.458. The van der Waals surface area contributed by atoms with Crippen LogP contribution >= 0.6 is 27.5 Å². The van der Waals surface area contributed by atoms with Gasteiger partial charge in [-0.3, -0.25) is 0 Å². The molecule has 2 aromatic carbocycles. The minimum absolute atomic E-state index is 0.458. The molecule has 6 heteroatoms. The lowest BCUT2D eigenvalue weighted by molar-refractivity contribution is 0.241. The van der Waals surface area contributed by atoms with E-state index in [9.17, 15) is 0 Å². The van der Waals surface area contributed by atoms with Crippen molar-refractivity contribution in [3.05, 3.63) is 57.0 Å². The standard InChI is InChI=1S/C25H32BrClN2O2/c1-18(2)17-31-24-9-5-19(4-6-21-7-8-22(27)13-23(21)26)12-25(24)30-11-3-10-28-14-20-15-29-16-20/h4-9,12-13,18,20,28-29H,3,10-11,14-17H2,1-2H3/b6-4+. The summed E-state index contributed by atoms with van der Waals surface area (Å²) < 4.78 is 13.1. The first kappa shape index (κ1) is 24.1. The van der Waals surface area contributed by atoms with Crippen LogP contribution in [0.1, 0.15) is 31.4 Å². The van der Waals surface area contributed by atoms with Gasteiger partial charge in [0.2, 0.25) is 0 Å². The van der Waals surface area contributed by atoms with Crippen molar-refractivity contribution in [1.29, 1.82) is 0 Å². The van der Waals surface area contributed by atoms with E-state index in [1.807, 2.05) is 30.3 Å². The van der Waals surface area contributed by atoms with E-state index in [4.69, 9.17) is 21.1 Å². The molecule has 1 aliphatic heterocycles. The maximum atomic E-state index is 6.11. The summed E-state index contributed by atoms with van der Waals surface area (Å²) in [5.74, 6) is 2.83. The summed E-state index contributed by atoms with van der Waals surface area (Å²) in [6.45, 7) is 9.92. The normalized spacial score (nSPS) is 14.2. The fraction of sp³-hybridized carbons (Fsp3) is 0.440. The largest absolute Gasteiger partial charge is 0.490 e. The molecule has 3 rings (SSSR count). The Morgan fingerprint density at radius 3 is 2.68 bits per heavy atom. The van der Waals surface area contributed by atoms with Gasteiger partial charge in [0.05, 0.1) is 13.2 Å². The molecule has 0 spiro atoms. The lowest BCUT2D eigenvalue weighted by atomic mass is 10.0. The molecule has 4 nitrogen and oxygen atoms in total. The first-order chi connectivity index (χ1) is 15.0. The molecule has 1 fully saturated rings. The van der Waals surface area contributed by atoms with Crippen molar-refractivity contribution in [2.45, 2.75) is 20.3 Å². The Balaban J connectivity index is 1.60. The molecular formula is C25H32BrClN2O2. The van der Waals surface area contributed by atoms with Gasteiger partial charge in [-0.05, 0) is 60.2 Å². The first-order valence-corrected chi connectivity index (χ1v) is 12.1. The van der Waals surface area contributed by atoms with E-state index in [-0.39, 0.29) is 0 Å². The Hall–Kier alpha value is -1.53. The molecule has 2 aromatic rings. The van der Waals surface area contributed by atoms with Crippen LogP contribution in [0.25, 0.3) is 12.2 Å². The fourth-order valence-corrected chi connectivity index (χ4v) is 3.93. The molecule has 0 bridgehead atoms. The van der Waals surface area contributed by atoms with E-state index in [0.717, 1.165) is 65.6 Å². The molecule has 0 saturated carbocycles. The van der Waals surface area contributed by atoms with Gasteiger partial charge in [0.15, 0.2) is 11.5 Å². The van der Waals surface area contributed by atoms with Crippen molar-refractivity contribution < 1.29 is 9.47 Å². The van der Waals surface area contributed by atoms with Crippen LogP contribution in [-0.4, -0.2) is 39.4 Å². The SMILES string of the molecule is CC(C)COc1ccc(/C=C/c2ccc(Cl)cc2Br)cc1OCCCNCC1CNC1. The van der Waals surface area contributed by atoms with Gasteiger partial charge < -0.3 is 20.1 Å². The molecule has 0 unspecified atom stereocenters. The quantitative estimate of drug-likeness (QED) is 0.278. The third-order valence-electron chi connectivity index (χ3n) is 5.01. The lowest BCUT2D eigenvalue weighted by Crippen LogP contribution is -2.47. The molecular weight excluding hydrogens is 476 g/mol. The zero-order valence-electron chi connectivity index (χ0n) is 18.3. The highest BCUT2D eigenvalue weighted by Gasteiger charge is 2.15. The second kappa shape index (κ2) is 12.5. The van der Waals surface area contributed by atoms with E-state index in [0.29, 0.717) is 24.2 Å². The Morgan fingerprint density at radius 1 is 1.13 bits per heavy atom. The fourth-order valence-electron chi connectivity index (χ4n) is 3.12. The Bertz CT molecular complexity index is 869. The number of halogens is 2. The zero-order valence-corrected chi connectivity index (χ0v) is 20.6. The summed E-state index contributed by atoms with van der Waals surface area (Å²) in [6, 6.07) is 11.9. The van der Waals surface area contributed by atoms with E-state index in [1.54, 1.807) is 0 Å². The van der Waals surface area contributed by atoms with Gasteiger partial charge in [-0.2, -0.15) is 0 Å². The Morgan fingerprint density at radius 2 is 1.97 bits per heavy atom. The van der Waals surface area contributed by atoms with Crippen LogP contribution in [0.5, 0.6) is 11.5 Å². The highest BCUT2D eigenvalue weighted by Crippen LogP contribution is 2.30. The second-order valence-corrected chi connectivity index (χ2v) is 9.63. The summed E-state index contributed by atoms with van der Waals surface area (Å²) in [7, 11) is 0. The molecule has 1 heterocycles. The number of hydrogen-bond acceptors (Lipinski definition) is 4. The summed E-state index contributed by atoms with van der Waals surface area (Å²) >= 11 is 9.60. The molecule has 1 aliphatic rings. The van der Waals surface area contributed by atoms with Gasteiger partial charge in [-0.1, -0.05) is 65.7 Å². The lowest BCUT2D eigenvalue weighted by Gasteiger charge is -2.27. The average molecular weight is 508 g/mol. The average Bonchev–Trinajstić information content (AvgIpc) is 2.70. The number of nitrogens with one attached hydrogen (secondary N) is 2. The summed E-state index contributed by atoms with van der Waals surface area (Å²) in [5, 5.41) is 7.52. The number of hydrogen-bond donors (Lipinski definition) is 2. The molecule has 0 atom stereocenters. The smallest absolute Gasteiger partial charge is 0.161 e. The van der Waals surface area contributed by atoms with Crippen molar-refractivity contribution >= 4 is 39.7 Å². The number of rotatable bonds is 12. The molecule has 2 N–H and O–H groups in total. The van der Waals surface area contributed by atoms with Gasteiger partial charge in [-0.15, -0.1) is 0 Å². The van der Waals surface area contributed by atoms with Crippen molar-refractivity contribution in [3.8, 4) is 11.5 Å². The predicted molar refractivity (Wildman–Crippen MR) is 134 cm³/mol. The van der Waals surface area contributed by atoms with Crippen molar-refractivity contribution in [2.24, 2.45) is 11.8 Å². The maximum absolute atomic E-state index is 6.11. The molecule has 168 valence electrons. The molecule has 0 aliphatic carbocycles. The molecule has 0 radical (unpaired) electrons. The number of ether oxygens (including phenoxy) is 2. The van der Waals surface area contributed by atoms with Gasteiger partial charge >= 0.3 is 0 Å². The van der Waals surface area contributed by atoms with Crippen molar-refractivity contribution in [2.75, 3.05) is 39.4 Å². The molecule has 0 amide bonds. The van der Waals surface area contributed by atoms with Crippen LogP contribution in [0.15, 0.2) is 40.9 Å². The van der Waals surface area contributed by atoms with Crippen LogP contribution in [0.2, 0.25) is 5.02 Å². The summed E-state index contributed by atoms with van der Waals surface area (Å²) in [5.41, 5.74) is 2.13. The van der Waals surface area contributed by atoms with E-state index < -0.39 is 0 Å². The summed E-state index contributed by atoms with van der Waals surface area (Å²) in [4.78, 5) is 0. The minimum Gasteiger partial charge on any atom is -0.490 e. The zero-order chi connectivity index (χ0) is 22.1. The van der Waals surface area contributed by atoms with Crippen molar-refractivity contribution in [1.82, 2.24) is 10.6 Å². The van der Waals surface area contributed by atoms with Crippen LogP contribution in [-0.2, 0) is 0 Å². The molecule has 0 aromatic heterocycles. The second-order valence-electron chi connectivity index (χ2n) is 8.34. The van der Waals surface area contributed by atoms with Crippen LogP contribution in [0, 0.1) is 11.8 Å². The van der Waals surface area contributed by atoms with Gasteiger partial charge in [0.1, 0.15) is 0 Å². The number of benzene rings is 2. The predicted octanol–water partition coefficient (Wildman–Crippen LogP) is 5.89. The molecule has 31 heavy (non-hydrogen) atoms. The third-order valence-corrected chi connectivity index (χ3v) is 5.93. The first-order valence-electron chi connectivity index (χ1n) is 11.0. The van der Waals surface area contributed by atoms with Crippen LogP contribution in [0.3, 0.4) is 0 Å². The van der Waals surface area contributed by atoms with Gasteiger partial charge in [-0.25, -0.2) is 0 Å². The van der Waals surface area contributed by atoms with Crippen LogP contribution in [0.4, 0.5) is 0 Å². The van der Waals surface area contributed by atoms with Gasteiger partial charge in [0.25, 0.3) is 0 Å². The van der Waals surface area contributed by atoms with Gasteiger partial charge in [0, 0.05) is 29.1 Å². The molecule has 1 saturated heterocycles. The highest BCUT2D eigenvalue weighted by molar-refractivity contribution is 9.10. The Labute approximate surface area is 199 Å². The van der Waals surface area contributed by atoms with E-state index in [2.05, 4.69) is 58.6 Å². The van der Waals surface area contributed by atoms with E-state index >= 15 is 0 Å².